The van der Waals surface area contributed by atoms with E-state index in [4.69, 9.17) is 19.4 Å². The third kappa shape index (κ3) is 5.26. The molecular weight excluding hydrogens is 729 g/mol. The van der Waals surface area contributed by atoms with E-state index in [-0.39, 0.29) is 0 Å². The molecule has 0 saturated carbocycles. The molecule has 0 fully saturated rings. The molecule has 12 rings (SSSR count). The lowest BCUT2D eigenvalue weighted by Gasteiger charge is -2.11. The Bertz CT molecular complexity index is 3440. The third-order valence-electron chi connectivity index (χ3n) is 11.3. The van der Waals surface area contributed by atoms with E-state index in [2.05, 4.69) is 150 Å². The van der Waals surface area contributed by atoms with Crippen LogP contribution >= 0.6 is 11.3 Å². The molecule has 0 N–H and O–H groups in total. The molecule has 272 valence electrons. The maximum Gasteiger partial charge on any atom is 0.164 e. The third-order valence-corrected chi connectivity index (χ3v) is 12.4. The molecule has 4 aromatic heterocycles. The molecule has 0 aliphatic rings. The number of aromatic nitrogens is 4. The van der Waals surface area contributed by atoms with Gasteiger partial charge in [0.05, 0.1) is 11.0 Å². The smallest absolute Gasteiger partial charge is 0.164 e. The van der Waals surface area contributed by atoms with Crippen LogP contribution in [0.4, 0.5) is 0 Å². The minimum atomic E-state index is 0.657. The van der Waals surface area contributed by atoms with Gasteiger partial charge >= 0.3 is 0 Å². The molecule has 0 bridgehead atoms. The summed E-state index contributed by atoms with van der Waals surface area (Å²) in [7, 11) is 0. The molecule has 0 radical (unpaired) electrons. The Hall–Kier alpha value is -7.41. The topological polar surface area (TPSA) is 56.7 Å². The van der Waals surface area contributed by atoms with Gasteiger partial charge < -0.3 is 8.98 Å². The molecule has 0 aliphatic heterocycles. The van der Waals surface area contributed by atoms with Crippen LogP contribution in [0.1, 0.15) is 11.1 Å². The van der Waals surface area contributed by atoms with Crippen molar-refractivity contribution in [1.82, 2.24) is 19.5 Å². The molecule has 0 unspecified atom stereocenters. The second kappa shape index (κ2) is 13.1. The van der Waals surface area contributed by atoms with Crippen molar-refractivity contribution in [2.24, 2.45) is 0 Å². The summed E-state index contributed by atoms with van der Waals surface area (Å²) in [5, 5.41) is 7.14. The Balaban J connectivity index is 0.973. The number of fused-ring (bicyclic) bond motifs is 9. The summed E-state index contributed by atoms with van der Waals surface area (Å²) in [4.78, 5) is 15.2. The van der Waals surface area contributed by atoms with Crippen molar-refractivity contribution in [2.45, 2.75) is 6.42 Å². The van der Waals surface area contributed by atoms with E-state index in [1.807, 2.05) is 47.7 Å². The largest absolute Gasteiger partial charge is 0.456 e. The summed E-state index contributed by atoms with van der Waals surface area (Å²) in [5.41, 5.74) is 10.6. The molecule has 58 heavy (non-hydrogen) atoms. The van der Waals surface area contributed by atoms with E-state index in [0.29, 0.717) is 17.5 Å². The highest BCUT2D eigenvalue weighted by molar-refractivity contribution is 7.26. The number of rotatable bonds is 6. The van der Waals surface area contributed by atoms with Crippen molar-refractivity contribution in [3.63, 3.8) is 0 Å². The van der Waals surface area contributed by atoms with Crippen molar-refractivity contribution >= 4 is 75.3 Å². The lowest BCUT2D eigenvalue weighted by Crippen LogP contribution is -2.00. The lowest BCUT2D eigenvalue weighted by molar-refractivity contribution is 0.668. The van der Waals surface area contributed by atoms with Gasteiger partial charge in [0.1, 0.15) is 11.2 Å². The van der Waals surface area contributed by atoms with Gasteiger partial charge in [-0.15, -0.1) is 11.3 Å². The van der Waals surface area contributed by atoms with Crippen LogP contribution in [0.2, 0.25) is 0 Å². The zero-order valence-corrected chi connectivity index (χ0v) is 31.9. The Morgan fingerprint density at radius 2 is 1.07 bits per heavy atom. The van der Waals surface area contributed by atoms with Gasteiger partial charge in [-0.2, -0.15) is 0 Å². The standard InChI is InChI=1S/C52H32N4OS/c1-3-13-33(14-4-1)50-53-51(34-15-5-2-6-16-34)55-52(54-50)40-20-12-24-47-49(40)48-35(17-11-23-46(48)58-47)29-32-25-28-44-41(30-32)39-27-26-36(31-45(39)57-44)56-42-21-9-7-18-37(42)38-19-8-10-22-43(38)56/h1-28,30-31H,29H2. The van der Waals surface area contributed by atoms with Crippen molar-refractivity contribution in [3.05, 3.63) is 193 Å². The fourth-order valence-corrected chi connectivity index (χ4v) is 9.86. The van der Waals surface area contributed by atoms with Gasteiger partial charge in [-0.25, -0.2) is 15.0 Å². The van der Waals surface area contributed by atoms with E-state index < -0.39 is 0 Å². The van der Waals surface area contributed by atoms with E-state index >= 15 is 0 Å². The van der Waals surface area contributed by atoms with Gasteiger partial charge in [0, 0.05) is 70.2 Å². The maximum atomic E-state index is 6.55. The van der Waals surface area contributed by atoms with Crippen LogP contribution in [0.5, 0.6) is 0 Å². The molecule has 6 heteroatoms. The van der Waals surface area contributed by atoms with Gasteiger partial charge in [-0.3, -0.25) is 0 Å². The molecule has 12 aromatic rings. The first-order valence-corrected chi connectivity index (χ1v) is 20.3. The van der Waals surface area contributed by atoms with Crippen molar-refractivity contribution in [2.75, 3.05) is 0 Å². The van der Waals surface area contributed by atoms with Crippen molar-refractivity contribution in [1.29, 1.82) is 0 Å². The van der Waals surface area contributed by atoms with Crippen LogP contribution in [-0.2, 0) is 6.42 Å². The Morgan fingerprint density at radius 3 is 1.78 bits per heavy atom. The van der Waals surface area contributed by atoms with Gasteiger partial charge in [0.25, 0.3) is 0 Å². The second-order valence-corrected chi connectivity index (χ2v) is 15.9. The van der Waals surface area contributed by atoms with E-state index in [9.17, 15) is 0 Å². The van der Waals surface area contributed by atoms with Crippen LogP contribution in [0.15, 0.2) is 186 Å². The Morgan fingerprint density at radius 1 is 0.448 bits per heavy atom. The number of thiophene rings is 1. The van der Waals surface area contributed by atoms with E-state index in [1.54, 1.807) is 0 Å². The lowest BCUT2D eigenvalue weighted by atomic mass is 9.96. The molecule has 0 aliphatic carbocycles. The summed E-state index contributed by atoms with van der Waals surface area (Å²) < 4.78 is 11.3. The van der Waals surface area contributed by atoms with Gasteiger partial charge in [0.2, 0.25) is 0 Å². The summed E-state index contributed by atoms with van der Waals surface area (Å²) in [6.07, 6.45) is 0.765. The molecule has 0 saturated heterocycles. The predicted molar refractivity (Wildman–Crippen MR) is 240 cm³/mol. The Labute approximate surface area is 337 Å². The first-order chi connectivity index (χ1) is 28.7. The number of hydrogen-bond donors (Lipinski definition) is 0. The number of furan rings is 1. The van der Waals surface area contributed by atoms with Gasteiger partial charge in [0.15, 0.2) is 17.5 Å². The zero-order valence-electron chi connectivity index (χ0n) is 31.1. The fraction of sp³-hybridized carbons (Fsp3) is 0.0192. The summed E-state index contributed by atoms with van der Waals surface area (Å²) >= 11 is 1.82. The Kier molecular flexibility index (Phi) is 7.40. The minimum absolute atomic E-state index is 0.657. The minimum Gasteiger partial charge on any atom is -0.456 e. The summed E-state index contributed by atoms with van der Waals surface area (Å²) in [6, 6.07) is 64.0. The van der Waals surface area contributed by atoms with E-state index in [0.717, 1.165) is 50.7 Å². The van der Waals surface area contributed by atoms with Gasteiger partial charge in [-0.1, -0.05) is 127 Å². The molecular formula is C52H32N4OS. The fourth-order valence-electron chi connectivity index (χ4n) is 8.68. The number of benzene rings is 8. The molecule has 0 spiro atoms. The van der Waals surface area contributed by atoms with Crippen molar-refractivity contribution in [3.8, 4) is 39.9 Å². The van der Waals surface area contributed by atoms with Gasteiger partial charge in [-0.05, 0) is 66.1 Å². The normalized spacial score (nSPS) is 11.9. The molecule has 0 atom stereocenters. The zero-order chi connectivity index (χ0) is 38.2. The summed E-state index contributed by atoms with van der Waals surface area (Å²) in [6.45, 7) is 0. The summed E-state index contributed by atoms with van der Waals surface area (Å²) in [5.74, 6) is 1.98. The molecule has 8 aromatic carbocycles. The quantitative estimate of drug-likeness (QED) is 0.169. The highest BCUT2D eigenvalue weighted by Crippen LogP contribution is 2.42. The van der Waals surface area contributed by atoms with E-state index in [1.165, 1.54) is 53.1 Å². The monoisotopic (exact) mass is 760 g/mol. The van der Waals surface area contributed by atoms with Crippen LogP contribution < -0.4 is 0 Å². The average Bonchev–Trinajstić information content (AvgIpc) is 3.96. The first kappa shape index (κ1) is 32.8. The number of para-hydroxylation sites is 2. The predicted octanol–water partition coefficient (Wildman–Crippen LogP) is 13.8. The van der Waals surface area contributed by atoms with Crippen LogP contribution in [0.25, 0.3) is 104 Å². The maximum absolute atomic E-state index is 6.55. The molecule has 0 amide bonds. The van der Waals surface area contributed by atoms with Crippen LogP contribution in [-0.4, -0.2) is 19.5 Å². The SMILES string of the molecule is c1ccc(-c2nc(-c3ccccc3)nc(-c3cccc4sc5cccc(Cc6ccc7oc8cc(-n9c%10ccccc%10c%10ccccc%109)ccc8c7c6)c5c34)n2)cc1. The number of hydrogen-bond acceptors (Lipinski definition) is 5. The van der Waals surface area contributed by atoms with Crippen LogP contribution in [0.3, 0.4) is 0 Å². The average molecular weight is 761 g/mol. The highest BCUT2D eigenvalue weighted by atomic mass is 32.1. The first-order valence-electron chi connectivity index (χ1n) is 19.5. The highest BCUT2D eigenvalue weighted by Gasteiger charge is 2.20. The molecule has 5 nitrogen and oxygen atoms in total. The van der Waals surface area contributed by atoms with Crippen LogP contribution in [0, 0.1) is 0 Å². The van der Waals surface area contributed by atoms with Crippen molar-refractivity contribution < 1.29 is 4.42 Å². The number of nitrogens with zero attached hydrogens (tertiary/aromatic N) is 4. The molecule has 4 heterocycles. The second-order valence-electron chi connectivity index (χ2n) is 14.8.